The van der Waals surface area contributed by atoms with Crippen LogP contribution in [0.15, 0.2) is 54.2 Å². The van der Waals surface area contributed by atoms with Crippen molar-refractivity contribution >= 4 is 23.1 Å². The number of carbonyl (C=O) groups excluding carboxylic acids is 2. The monoisotopic (exact) mass is 420 g/mol. The fraction of sp³-hybridized carbons (Fsp3) is 0.360. The van der Waals surface area contributed by atoms with E-state index in [1.807, 2.05) is 48.2 Å². The Morgan fingerprint density at radius 2 is 1.58 bits per heavy atom. The van der Waals surface area contributed by atoms with Gasteiger partial charge in [-0.25, -0.2) is 4.90 Å². The Bertz CT molecular complexity index is 991. The molecule has 2 aromatic carbocycles. The SMILES string of the molecule is CCCOc1ccc(C2=C(N3CCCC3)C(=O)N(c3ccccc3OCC)C2=O)cc1. The number of benzene rings is 2. The van der Waals surface area contributed by atoms with Crippen LogP contribution in [0.2, 0.25) is 0 Å². The van der Waals surface area contributed by atoms with E-state index in [-0.39, 0.29) is 11.8 Å². The molecule has 0 aromatic heterocycles. The first-order chi connectivity index (χ1) is 15.2. The van der Waals surface area contributed by atoms with Gasteiger partial charge in [0.05, 0.1) is 24.5 Å². The van der Waals surface area contributed by atoms with Crippen LogP contribution in [0.5, 0.6) is 11.5 Å². The Balaban J connectivity index is 1.75. The number of nitrogens with zero attached hydrogens (tertiary/aromatic N) is 2. The lowest BCUT2D eigenvalue weighted by Gasteiger charge is -2.21. The van der Waals surface area contributed by atoms with Crippen LogP contribution in [0.4, 0.5) is 5.69 Å². The summed E-state index contributed by atoms with van der Waals surface area (Å²) in [4.78, 5) is 30.5. The molecule has 2 amide bonds. The summed E-state index contributed by atoms with van der Waals surface area (Å²) in [6, 6.07) is 14.6. The first-order valence-electron chi connectivity index (χ1n) is 11.0. The second-order valence-electron chi connectivity index (χ2n) is 7.64. The van der Waals surface area contributed by atoms with Crippen molar-refractivity contribution in [3.05, 3.63) is 59.8 Å². The fourth-order valence-electron chi connectivity index (χ4n) is 4.09. The molecule has 6 nitrogen and oxygen atoms in total. The van der Waals surface area contributed by atoms with Crippen molar-refractivity contribution in [1.82, 2.24) is 4.90 Å². The first-order valence-corrected chi connectivity index (χ1v) is 11.0. The molecule has 1 fully saturated rings. The van der Waals surface area contributed by atoms with Crippen LogP contribution in [0.1, 0.15) is 38.7 Å². The molecule has 0 aliphatic carbocycles. The zero-order valence-corrected chi connectivity index (χ0v) is 18.1. The van der Waals surface area contributed by atoms with Gasteiger partial charge in [0.2, 0.25) is 0 Å². The normalized spacial score (nSPS) is 16.5. The maximum absolute atomic E-state index is 13.6. The van der Waals surface area contributed by atoms with Crippen molar-refractivity contribution < 1.29 is 19.1 Å². The maximum Gasteiger partial charge on any atom is 0.282 e. The highest BCUT2D eigenvalue weighted by Gasteiger charge is 2.43. The predicted octanol–water partition coefficient (Wildman–Crippen LogP) is 4.25. The third-order valence-corrected chi connectivity index (χ3v) is 5.50. The summed E-state index contributed by atoms with van der Waals surface area (Å²) in [7, 11) is 0. The molecule has 0 N–H and O–H groups in total. The highest BCUT2D eigenvalue weighted by Crippen LogP contribution is 2.39. The van der Waals surface area contributed by atoms with Crippen LogP contribution < -0.4 is 14.4 Å². The Labute approximate surface area is 183 Å². The molecule has 6 heteroatoms. The number of carbonyl (C=O) groups is 2. The summed E-state index contributed by atoms with van der Waals surface area (Å²) >= 11 is 0. The van der Waals surface area contributed by atoms with Crippen LogP contribution >= 0.6 is 0 Å². The molecule has 0 radical (unpaired) electrons. The number of likely N-dealkylation sites (tertiary alicyclic amines) is 1. The highest BCUT2D eigenvalue weighted by molar-refractivity contribution is 6.45. The molecule has 0 atom stereocenters. The predicted molar refractivity (Wildman–Crippen MR) is 120 cm³/mol. The second kappa shape index (κ2) is 9.25. The van der Waals surface area contributed by atoms with E-state index in [1.165, 1.54) is 4.90 Å². The number of rotatable bonds is 8. The zero-order valence-electron chi connectivity index (χ0n) is 18.1. The standard InChI is InChI=1S/C25H28N2O4/c1-3-17-31-19-13-11-18(12-14-19)22-23(26-15-7-8-16-26)25(29)27(24(22)28)20-9-5-6-10-21(20)30-4-2/h5-6,9-14H,3-4,7-8,15-17H2,1-2H3. The van der Waals surface area contributed by atoms with Gasteiger partial charge < -0.3 is 14.4 Å². The van der Waals surface area contributed by atoms with Gasteiger partial charge in [-0.2, -0.15) is 0 Å². The lowest BCUT2D eigenvalue weighted by atomic mass is 10.0. The second-order valence-corrected chi connectivity index (χ2v) is 7.64. The fourth-order valence-corrected chi connectivity index (χ4v) is 4.09. The number of hydrogen-bond donors (Lipinski definition) is 0. The quantitative estimate of drug-likeness (QED) is 0.598. The zero-order chi connectivity index (χ0) is 21.8. The van der Waals surface area contributed by atoms with Crippen LogP contribution in [0.3, 0.4) is 0 Å². The topological polar surface area (TPSA) is 59.1 Å². The van der Waals surface area contributed by atoms with Gasteiger partial charge in [0.1, 0.15) is 17.2 Å². The first kappa shape index (κ1) is 21.0. The minimum Gasteiger partial charge on any atom is -0.494 e. The largest absolute Gasteiger partial charge is 0.494 e. The minimum absolute atomic E-state index is 0.291. The van der Waals surface area contributed by atoms with Crippen LogP contribution in [-0.2, 0) is 9.59 Å². The molecule has 1 saturated heterocycles. The van der Waals surface area contributed by atoms with Crippen LogP contribution in [0, 0.1) is 0 Å². The van der Waals surface area contributed by atoms with Gasteiger partial charge in [-0.1, -0.05) is 31.2 Å². The minimum atomic E-state index is -0.318. The number of imide groups is 1. The van der Waals surface area contributed by atoms with Crippen molar-refractivity contribution in [3.63, 3.8) is 0 Å². The molecule has 2 aliphatic heterocycles. The molecule has 0 saturated carbocycles. The lowest BCUT2D eigenvalue weighted by Crippen LogP contribution is -2.34. The number of ether oxygens (including phenoxy) is 2. The van der Waals surface area contributed by atoms with Crippen molar-refractivity contribution in [2.45, 2.75) is 33.1 Å². The molecule has 2 heterocycles. The average Bonchev–Trinajstić information content (AvgIpc) is 3.40. The van der Waals surface area contributed by atoms with E-state index in [2.05, 4.69) is 6.92 Å². The maximum atomic E-state index is 13.6. The smallest absolute Gasteiger partial charge is 0.282 e. The highest BCUT2D eigenvalue weighted by atomic mass is 16.5. The summed E-state index contributed by atoms with van der Waals surface area (Å²) in [5.41, 5.74) is 2.13. The number of hydrogen-bond acceptors (Lipinski definition) is 5. The molecule has 0 spiro atoms. The summed E-state index contributed by atoms with van der Waals surface area (Å²) in [6.07, 6.45) is 2.95. The van der Waals surface area contributed by atoms with Crippen molar-refractivity contribution in [2.75, 3.05) is 31.2 Å². The number of amides is 2. The molecular formula is C25H28N2O4. The Kier molecular flexibility index (Phi) is 6.26. The van der Waals surface area contributed by atoms with E-state index in [1.54, 1.807) is 12.1 Å². The van der Waals surface area contributed by atoms with Gasteiger partial charge in [0.15, 0.2) is 0 Å². The summed E-state index contributed by atoms with van der Waals surface area (Å²) < 4.78 is 11.4. The van der Waals surface area contributed by atoms with E-state index in [4.69, 9.17) is 9.47 Å². The van der Waals surface area contributed by atoms with E-state index >= 15 is 0 Å². The summed E-state index contributed by atoms with van der Waals surface area (Å²) in [6.45, 7) is 6.57. The van der Waals surface area contributed by atoms with Crippen molar-refractivity contribution in [2.24, 2.45) is 0 Å². The van der Waals surface area contributed by atoms with E-state index < -0.39 is 0 Å². The summed E-state index contributed by atoms with van der Waals surface area (Å²) in [5, 5.41) is 0. The Hall–Kier alpha value is -3.28. The van der Waals surface area contributed by atoms with Crippen LogP contribution in [0.25, 0.3) is 5.57 Å². The van der Waals surface area contributed by atoms with Gasteiger partial charge in [-0.05, 0) is 56.0 Å². The van der Waals surface area contributed by atoms with Crippen molar-refractivity contribution in [3.8, 4) is 11.5 Å². The van der Waals surface area contributed by atoms with E-state index in [0.29, 0.717) is 35.9 Å². The number of anilines is 1. The molecular weight excluding hydrogens is 392 g/mol. The van der Waals surface area contributed by atoms with Gasteiger partial charge in [-0.3, -0.25) is 9.59 Å². The Morgan fingerprint density at radius 1 is 0.871 bits per heavy atom. The van der Waals surface area contributed by atoms with Gasteiger partial charge in [0.25, 0.3) is 11.8 Å². The molecule has 31 heavy (non-hydrogen) atoms. The molecule has 0 bridgehead atoms. The average molecular weight is 421 g/mol. The van der Waals surface area contributed by atoms with Gasteiger partial charge in [-0.15, -0.1) is 0 Å². The van der Waals surface area contributed by atoms with E-state index in [0.717, 1.165) is 43.7 Å². The lowest BCUT2D eigenvalue weighted by molar-refractivity contribution is -0.120. The summed E-state index contributed by atoms with van der Waals surface area (Å²) in [5.74, 6) is 0.669. The third kappa shape index (κ3) is 4.02. The molecule has 0 unspecified atom stereocenters. The molecule has 4 rings (SSSR count). The third-order valence-electron chi connectivity index (χ3n) is 5.50. The molecule has 162 valence electrons. The van der Waals surface area contributed by atoms with E-state index in [9.17, 15) is 9.59 Å². The van der Waals surface area contributed by atoms with Crippen LogP contribution in [-0.4, -0.2) is 43.0 Å². The van der Waals surface area contributed by atoms with Gasteiger partial charge in [0, 0.05) is 13.1 Å². The molecule has 2 aliphatic rings. The number of para-hydroxylation sites is 2. The van der Waals surface area contributed by atoms with Gasteiger partial charge >= 0.3 is 0 Å². The Morgan fingerprint density at radius 3 is 2.26 bits per heavy atom. The van der Waals surface area contributed by atoms with Crippen molar-refractivity contribution in [1.29, 1.82) is 0 Å². The molecule has 2 aromatic rings.